The van der Waals surface area contributed by atoms with Gasteiger partial charge in [0.05, 0.1) is 16.8 Å². The zero-order chi connectivity index (χ0) is 13.1. The Kier molecular flexibility index (Phi) is 4.09. The second-order valence-corrected chi connectivity index (χ2v) is 5.37. The van der Waals surface area contributed by atoms with Gasteiger partial charge in [0, 0.05) is 11.9 Å². The Morgan fingerprint density at radius 3 is 2.72 bits per heavy atom. The Balaban J connectivity index is 2.31. The number of rotatable bonds is 4. The number of aromatic nitrogens is 2. The largest absolute Gasteiger partial charge is 0.388 e. The van der Waals surface area contributed by atoms with Crippen molar-refractivity contribution in [2.45, 2.75) is 36.3 Å². The Bertz CT molecular complexity index is 536. The van der Waals surface area contributed by atoms with Gasteiger partial charge < -0.3 is 5.11 Å². The molecule has 0 aliphatic heterocycles. The van der Waals surface area contributed by atoms with E-state index < -0.39 is 6.10 Å². The highest BCUT2D eigenvalue weighted by molar-refractivity contribution is 7.99. The number of aryl methyl sites for hydroxylation is 2. The first kappa shape index (κ1) is 13.2. The lowest BCUT2D eigenvalue weighted by molar-refractivity contribution is 0.171. The Labute approximate surface area is 112 Å². The lowest BCUT2D eigenvalue weighted by atomic mass is 10.1. The lowest BCUT2D eigenvalue weighted by Crippen LogP contribution is -1.98. The monoisotopic (exact) mass is 262 g/mol. The summed E-state index contributed by atoms with van der Waals surface area (Å²) in [6.45, 7) is 3.97. The molecule has 1 aromatic heterocycles. The van der Waals surface area contributed by atoms with Gasteiger partial charge in [0.25, 0.3) is 0 Å². The molecular weight excluding hydrogens is 244 g/mol. The fraction of sp³-hybridized carbons (Fsp3) is 0.357. The molecule has 2 rings (SSSR count). The third-order valence-electron chi connectivity index (χ3n) is 2.84. The maximum atomic E-state index is 10.0. The average molecular weight is 262 g/mol. The predicted octanol–water partition coefficient (Wildman–Crippen LogP) is 3.32. The first-order chi connectivity index (χ1) is 8.61. The molecule has 4 heteroatoms. The molecule has 1 N–H and O–H groups in total. The molecule has 0 bridgehead atoms. The second kappa shape index (κ2) is 5.59. The second-order valence-electron chi connectivity index (χ2n) is 4.31. The van der Waals surface area contributed by atoms with Gasteiger partial charge in [-0.3, -0.25) is 4.68 Å². The van der Waals surface area contributed by atoms with Gasteiger partial charge in [-0.25, -0.2) is 0 Å². The van der Waals surface area contributed by atoms with Gasteiger partial charge in [-0.2, -0.15) is 5.10 Å². The minimum Gasteiger partial charge on any atom is -0.388 e. The van der Waals surface area contributed by atoms with E-state index in [0.717, 1.165) is 27.6 Å². The van der Waals surface area contributed by atoms with E-state index in [2.05, 4.69) is 11.2 Å². The van der Waals surface area contributed by atoms with Gasteiger partial charge in [-0.1, -0.05) is 36.9 Å². The van der Waals surface area contributed by atoms with E-state index in [0.29, 0.717) is 0 Å². The summed E-state index contributed by atoms with van der Waals surface area (Å²) >= 11 is 1.65. The SMILES string of the molecule is CCC(O)c1ccccc1Sc1cc(C)nn1C. The van der Waals surface area contributed by atoms with Crippen LogP contribution in [0.5, 0.6) is 0 Å². The topological polar surface area (TPSA) is 38.1 Å². The van der Waals surface area contributed by atoms with Crippen molar-refractivity contribution in [3.63, 3.8) is 0 Å². The van der Waals surface area contributed by atoms with Crippen molar-refractivity contribution in [1.29, 1.82) is 0 Å². The van der Waals surface area contributed by atoms with Gasteiger partial charge in [0.2, 0.25) is 0 Å². The highest BCUT2D eigenvalue weighted by atomic mass is 32.2. The zero-order valence-corrected chi connectivity index (χ0v) is 11.7. The molecule has 2 aromatic rings. The number of nitrogens with zero attached hydrogens (tertiary/aromatic N) is 2. The van der Waals surface area contributed by atoms with Crippen molar-refractivity contribution in [3.8, 4) is 0 Å². The molecule has 1 unspecified atom stereocenters. The van der Waals surface area contributed by atoms with Gasteiger partial charge in [-0.15, -0.1) is 0 Å². The fourth-order valence-corrected chi connectivity index (χ4v) is 2.96. The third-order valence-corrected chi connectivity index (χ3v) is 4.02. The smallest absolute Gasteiger partial charge is 0.0987 e. The summed E-state index contributed by atoms with van der Waals surface area (Å²) < 4.78 is 1.87. The van der Waals surface area contributed by atoms with Crippen molar-refractivity contribution in [2.24, 2.45) is 7.05 Å². The van der Waals surface area contributed by atoms with Crippen LogP contribution in [0, 0.1) is 6.92 Å². The van der Waals surface area contributed by atoms with E-state index in [-0.39, 0.29) is 0 Å². The summed E-state index contributed by atoms with van der Waals surface area (Å²) in [6.07, 6.45) is 0.324. The van der Waals surface area contributed by atoms with Gasteiger partial charge >= 0.3 is 0 Å². The summed E-state index contributed by atoms with van der Waals surface area (Å²) in [7, 11) is 1.94. The minimum atomic E-state index is -0.400. The van der Waals surface area contributed by atoms with Crippen LogP contribution < -0.4 is 0 Å². The summed E-state index contributed by atoms with van der Waals surface area (Å²) in [4.78, 5) is 1.09. The molecule has 0 saturated heterocycles. The molecule has 96 valence electrons. The number of hydrogen-bond acceptors (Lipinski definition) is 3. The Morgan fingerprint density at radius 1 is 1.39 bits per heavy atom. The molecule has 0 saturated carbocycles. The molecule has 3 nitrogen and oxygen atoms in total. The van der Waals surface area contributed by atoms with E-state index in [9.17, 15) is 5.11 Å². The normalized spacial score (nSPS) is 12.7. The van der Waals surface area contributed by atoms with E-state index >= 15 is 0 Å². The van der Waals surface area contributed by atoms with Crippen LogP contribution >= 0.6 is 11.8 Å². The van der Waals surface area contributed by atoms with E-state index in [1.165, 1.54) is 0 Å². The van der Waals surface area contributed by atoms with Crippen molar-refractivity contribution < 1.29 is 5.11 Å². The Morgan fingerprint density at radius 2 is 2.11 bits per heavy atom. The summed E-state index contributed by atoms with van der Waals surface area (Å²) in [5.74, 6) is 0. The molecule has 0 spiro atoms. The summed E-state index contributed by atoms with van der Waals surface area (Å²) in [5, 5.41) is 15.4. The van der Waals surface area contributed by atoms with Crippen LogP contribution in [0.15, 0.2) is 40.3 Å². The molecule has 0 radical (unpaired) electrons. The maximum Gasteiger partial charge on any atom is 0.0987 e. The zero-order valence-electron chi connectivity index (χ0n) is 10.9. The van der Waals surface area contributed by atoms with Crippen LogP contribution in [0.2, 0.25) is 0 Å². The molecule has 1 heterocycles. The maximum absolute atomic E-state index is 10.0. The standard InChI is InChI=1S/C14H18N2OS/c1-4-12(17)11-7-5-6-8-13(11)18-14-9-10(2)15-16(14)3/h5-9,12,17H,4H2,1-3H3. The van der Waals surface area contributed by atoms with Gasteiger partial charge in [0.15, 0.2) is 0 Å². The molecule has 1 atom stereocenters. The number of aliphatic hydroxyl groups excluding tert-OH is 1. The van der Waals surface area contributed by atoms with Crippen LogP contribution in [-0.2, 0) is 7.05 Å². The first-order valence-electron chi connectivity index (χ1n) is 6.07. The first-order valence-corrected chi connectivity index (χ1v) is 6.89. The summed E-state index contributed by atoms with van der Waals surface area (Å²) in [5.41, 5.74) is 2.00. The highest BCUT2D eigenvalue weighted by Gasteiger charge is 2.12. The van der Waals surface area contributed by atoms with Crippen LogP contribution in [0.25, 0.3) is 0 Å². The number of aliphatic hydroxyl groups is 1. The molecule has 0 fully saturated rings. The fourth-order valence-electron chi connectivity index (χ4n) is 1.86. The van der Waals surface area contributed by atoms with Crippen LogP contribution in [0.3, 0.4) is 0 Å². The highest BCUT2D eigenvalue weighted by Crippen LogP contribution is 2.34. The van der Waals surface area contributed by atoms with Crippen LogP contribution in [0.1, 0.15) is 30.7 Å². The molecular formula is C14H18N2OS. The van der Waals surface area contributed by atoms with Gasteiger partial charge in [-0.05, 0) is 31.0 Å². The minimum absolute atomic E-state index is 0.400. The lowest BCUT2D eigenvalue weighted by Gasteiger charge is -2.13. The van der Waals surface area contributed by atoms with Crippen LogP contribution in [0.4, 0.5) is 0 Å². The predicted molar refractivity (Wildman–Crippen MR) is 73.8 cm³/mol. The molecule has 18 heavy (non-hydrogen) atoms. The summed E-state index contributed by atoms with van der Waals surface area (Å²) in [6, 6.07) is 10.0. The van der Waals surface area contributed by atoms with Crippen molar-refractivity contribution in [2.75, 3.05) is 0 Å². The Hall–Kier alpha value is -1.26. The van der Waals surface area contributed by atoms with Crippen LogP contribution in [-0.4, -0.2) is 14.9 Å². The van der Waals surface area contributed by atoms with E-state index in [4.69, 9.17) is 0 Å². The number of benzene rings is 1. The molecule has 0 aliphatic carbocycles. The van der Waals surface area contributed by atoms with E-state index in [1.54, 1.807) is 11.8 Å². The molecule has 1 aromatic carbocycles. The van der Waals surface area contributed by atoms with E-state index in [1.807, 2.05) is 49.8 Å². The van der Waals surface area contributed by atoms with Gasteiger partial charge in [0.1, 0.15) is 0 Å². The van der Waals surface area contributed by atoms with Crippen molar-refractivity contribution in [3.05, 3.63) is 41.6 Å². The third kappa shape index (κ3) is 2.76. The molecule has 0 aliphatic rings. The molecule has 0 amide bonds. The van der Waals surface area contributed by atoms with Crippen molar-refractivity contribution >= 4 is 11.8 Å². The number of hydrogen-bond donors (Lipinski definition) is 1. The quantitative estimate of drug-likeness (QED) is 0.918. The average Bonchev–Trinajstić information content (AvgIpc) is 2.67. The van der Waals surface area contributed by atoms with Crippen molar-refractivity contribution in [1.82, 2.24) is 9.78 Å².